The van der Waals surface area contributed by atoms with Crippen LogP contribution < -0.4 is 14.8 Å². The highest BCUT2D eigenvalue weighted by Crippen LogP contribution is 2.30. The Morgan fingerprint density at radius 3 is 2.40 bits per heavy atom. The summed E-state index contributed by atoms with van der Waals surface area (Å²) >= 11 is 0. The predicted octanol–water partition coefficient (Wildman–Crippen LogP) is 2.43. The first-order valence-electron chi connectivity index (χ1n) is 7.74. The van der Waals surface area contributed by atoms with Crippen LogP contribution in [-0.4, -0.2) is 34.3 Å². The van der Waals surface area contributed by atoms with Gasteiger partial charge in [-0.3, -0.25) is 4.79 Å². The molecule has 2 aromatic carbocycles. The minimum atomic E-state index is -3.49. The Kier molecular flexibility index (Phi) is 6.03. The number of carbonyl (C=O) groups excluding carboxylic acids is 1. The molecule has 2 aromatic rings. The lowest BCUT2D eigenvalue weighted by molar-refractivity contribution is 0.0947. The van der Waals surface area contributed by atoms with Crippen molar-refractivity contribution in [3.05, 3.63) is 53.6 Å². The first kappa shape index (κ1) is 18.8. The number of ether oxygens (including phenoxy) is 2. The van der Waals surface area contributed by atoms with Crippen molar-refractivity contribution < 1.29 is 22.7 Å². The highest BCUT2D eigenvalue weighted by Gasteiger charge is 2.20. The van der Waals surface area contributed by atoms with E-state index in [1.807, 2.05) is 0 Å². The summed E-state index contributed by atoms with van der Waals surface area (Å²) in [5.74, 6) is 0.557. The number of hydrogen-bond donors (Lipinski definition) is 1. The summed E-state index contributed by atoms with van der Waals surface area (Å²) in [6, 6.07) is 11.5. The van der Waals surface area contributed by atoms with Gasteiger partial charge in [-0.2, -0.15) is 0 Å². The van der Waals surface area contributed by atoms with Crippen molar-refractivity contribution in [3.63, 3.8) is 0 Å². The summed E-state index contributed by atoms with van der Waals surface area (Å²) in [6.45, 7) is 1.73. The molecule has 0 bridgehead atoms. The molecule has 0 fully saturated rings. The van der Waals surface area contributed by atoms with E-state index in [0.717, 1.165) is 5.56 Å². The zero-order valence-electron chi connectivity index (χ0n) is 14.4. The summed E-state index contributed by atoms with van der Waals surface area (Å²) in [5, 5.41) is 2.74. The second-order valence-electron chi connectivity index (χ2n) is 5.23. The maximum atomic E-state index is 12.5. The SMILES string of the molecule is CCS(=O)(=O)c1ccccc1C(=O)NCc1cccc(OC)c1OC. The zero-order chi connectivity index (χ0) is 18.4. The molecule has 0 aliphatic carbocycles. The van der Waals surface area contributed by atoms with E-state index in [-0.39, 0.29) is 22.8 Å². The van der Waals surface area contributed by atoms with Crippen LogP contribution >= 0.6 is 0 Å². The number of carbonyl (C=O) groups is 1. The third kappa shape index (κ3) is 4.11. The van der Waals surface area contributed by atoms with Gasteiger partial charge in [0.1, 0.15) is 0 Å². The Morgan fingerprint density at radius 2 is 1.76 bits per heavy atom. The molecular formula is C18H21NO5S. The Bertz CT molecular complexity index is 862. The van der Waals surface area contributed by atoms with Gasteiger partial charge in [0.25, 0.3) is 5.91 Å². The van der Waals surface area contributed by atoms with Crippen LogP contribution in [0.1, 0.15) is 22.8 Å². The van der Waals surface area contributed by atoms with Crippen molar-refractivity contribution in [2.24, 2.45) is 0 Å². The monoisotopic (exact) mass is 363 g/mol. The fourth-order valence-electron chi connectivity index (χ4n) is 2.44. The van der Waals surface area contributed by atoms with Gasteiger partial charge in [0.2, 0.25) is 0 Å². The van der Waals surface area contributed by atoms with E-state index in [0.29, 0.717) is 11.5 Å². The Balaban J connectivity index is 2.26. The number of rotatable bonds is 7. The van der Waals surface area contributed by atoms with E-state index >= 15 is 0 Å². The lowest BCUT2D eigenvalue weighted by Gasteiger charge is -2.14. The van der Waals surface area contributed by atoms with Crippen molar-refractivity contribution in [1.29, 1.82) is 0 Å². The molecule has 0 atom stereocenters. The van der Waals surface area contributed by atoms with Gasteiger partial charge >= 0.3 is 0 Å². The molecule has 134 valence electrons. The van der Waals surface area contributed by atoms with E-state index in [2.05, 4.69) is 5.32 Å². The minimum absolute atomic E-state index is 0.0348. The number of para-hydroxylation sites is 1. The van der Waals surface area contributed by atoms with E-state index in [1.165, 1.54) is 26.4 Å². The standard InChI is InChI=1S/C18H21NO5S/c1-4-25(21,22)16-11-6-5-9-14(16)18(20)19-12-13-8-7-10-15(23-2)17(13)24-3/h5-11H,4,12H2,1-3H3,(H,19,20). The van der Waals surface area contributed by atoms with Gasteiger partial charge in [-0.15, -0.1) is 0 Å². The van der Waals surface area contributed by atoms with Gasteiger partial charge in [-0.1, -0.05) is 31.2 Å². The number of amides is 1. The molecule has 0 spiro atoms. The summed E-state index contributed by atoms with van der Waals surface area (Å²) in [6.07, 6.45) is 0. The van der Waals surface area contributed by atoms with Crippen molar-refractivity contribution >= 4 is 15.7 Å². The van der Waals surface area contributed by atoms with Crippen LogP contribution in [0.2, 0.25) is 0 Å². The quantitative estimate of drug-likeness (QED) is 0.817. The van der Waals surface area contributed by atoms with E-state index in [4.69, 9.17) is 9.47 Å². The van der Waals surface area contributed by atoms with Gasteiger partial charge in [0, 0.05) is 12.1 Å². The lowest BCUT2D eigenvalue weighted by Crippen LogP contribution is -2.25. The van der Waals surface area contributed by atoms with Crippen LogP contribution in [0.15, 0.2) is 47.4 Å². The second kappa shape index (κ2) is 8.02. The second-order valence-corrected chi connectivity index (χ2v) is 7.48. The van der Waals surface area contributed by atoms with Crippen molar-refractivity contribution in [2.45, 2.75) is 18.4 Å². The van der Waals surface area contributed by atoms with Gasteiger partial charge < -0.3 is 14.8 Å². The Hall–Kier alpha value is -2.54. The maximum absolute atomic E-state index is 12.5. The normalized spacial score (nSPS) is 11.0. The largest absolute Gasteiger partial charge is 0.493 e. The van der Waals surface area contributed by atoms with Gasteiger partial charge in [0.05, 0.1) is 30.4 Å². The van der Waals surface area contributed by atoms with Crippen LogP contribution in [0.4, 0.5) is 0 Å². The number of hydrogen-bond acceptors (Lipinski definition) is 5. The molecule has 0 unspecified atom stereocenters. The molecule has 0 radical (unpaired) electrons. The minimum Gasteiger partial charge on any atom is -0.493 e. The average molecular weight is 363 g/mol. The predicted molar refractivity (Wildman–Crippen MR) is 94.9 cm³/mol. The molecule has 2 rings (SSSR count). The number of methoxy groups -OCH3 is 2. The highest BCUT2D eigenvalue weighted by molar-refractivity contribution is 7.91. The van der Waals surface area contributed by atoms with Crippen molar-refractivity contribution in [3.8, 4) is 11.5 Å². The fourth-order valence-corrected chi connectivity index (χ4v) is 3.54. The van der Waals surface area contributed by atoms with Crippen LogP contribution in [0.25, 0.3) is 0 Å². The molecule has 0 saturated carbocycles. The number of nitrogens with one attached hydrogen (secondary N) is 1. The maximum Gasteiger partial charge on any atom is 0.252 e. The molecule has 0 aliphatic heterocycles. The summed E-state index contributed by atoms with van der Waals surface area (Å²) in [7, 11) is -0.432. The van der Waals surface area contributed by atoms with Crippen LogP contribution in [-0.2, 0) is 16.4 Å². The number of sulfone groups is 1. The van der Waals surface area contributed by atoms with Gasteiger partial charge in [-0.05, 0) is 18.2 Å². The van der Waals surface area contributed by atoms with Crippen molar-refractivity contribution in [2.75, 3.05) is 20.0 Å². The molecule has 1 N–H and O–H groups in total. The lowest BCUT2D eigenvalue weighted by atomic mass is 10.1. The molecular weight excluding hydrogens is 342 g/mol. The third-order valence-corrected chi connectivity index (χ3v) is 5.56. The van der Waals surface area contributed by atoms with E-state index in [9.17, 15) is 13.2 Å². The molecule has 0 aromatic heterocycles. The van der Waals surface area contributed by atoms with Crippen LogP contribution in [0.3, 0.4) is 0 Å². The summed E-state index contributed by atoms with van der Waals surface area (Å²) < 4.78 is 34.9. The first-order valence-corrected chi connectivity index (χ1v) is 9.39. The average Bonchev–Trinajstić information content (AvgIpc) is 2.65. The zero-order valence-corrected chi connectivity index (χ0v) is 15.2. The van der Waals surface area contributed by atoms with Crippen LogP contribution in [0, 0.1) is 0 Å². The smallest absolute Gasteiger partial charge is 0.252 e. The summed E-state index contributed by atoms with van der Waals surface area (Å²) in [4.78, 5) is 12.5. The molecule has 6 nitrogen and oxygen atoms in total. The highest BCUT2D eigenvalue weighted by atomic mass is 32.2. The number of benzene rings is 2. The van der Waals surface area contributed by atoms with E-state index < -0.39 is 15.7 Å². The van der Waals surface area contributed by atoms with Crippen molar-refractivity contribution in [1.82, 2.24) is 5.32 Å². The topological polar surface area (TPSA) is 81.7 Å². The van der Waals surface area contributed by atoms with Gasteiger partial charge in [-0.25, -0.2) is 8.42 Å². The van der Waals surface area contributed by atoms with E-state index in [1.54, 1.807) is 37.3 Å². The van der Waals surface area contributed by atoms with Crippen LogP contribution in [0.5, 0.6) is 11.5 Å². The Morgan fingerprint density at radius 1 is 1.04 bits per heavy atom. The third-order valence-electron chi connectivity index (χ3n) is 3.77. The molecule has 7 heteroatoms. The molecule has 0 heterocycles. The molecule has 1 amide bonds. The molecule has 25 heavy (non-hydrogen) atoms. The fraction of sp³-hybridized carbons (Fsp3) is 0.278. The van der Waals surface area contributed by atoms with Gasteiger partial charge in [0.15, 0.2) is 21.3 Å². The Labute approximate surface area is 147 Å². The molecule has 0 aliphatic rings. The molecule has 0 saturated heterocycles. The summed E-state index contributed by atoms with van der Waals surface area (Å²) in [5.41, 5.74) is 0.859. The first-order chi connectivity index (χ1) is 11.9.